The van der Waals surface area contributed by atoms with E-state index in [-0.39, 0.29) is 11.9 Å². The lowest BCUT2D eigenvalue weighted by Crippen LogP contribution is -2.34. The molecule has 2 nitrogen and oxygen atoms in total. The maximum Gasteiger partial charge on any atom is 0.137 e. The van der Waals surface area contributed by atoms with Crippen molar-refractivity contribution in [3.63, 3.8) is 0 Å². The molecule has 0 unspecified atom stereocenters. The van der Waals surface area contributed by atoms with Gasteiger partial charge in [-0.1, -0.05) is 12.1 Å². The molecule has 1 aliphatic rings. The van der Waals surface area contributed by atoms with Crippen LogP contribution in [0, 0.1) is 5.82 Å². The van der Waals surface area contributed by atoms with Crippen molar-refractivity contribution in [2.75, 3.05) is 19.8 Å². The van der Waals surface area contributed by atoms with Gasteiger partial charge < -0.3 is 10.1 Å². The Hall–Kier alpha value is -0.450. The van der Waals surface area contributed by atoms with Crippen molar-refractivity contribution in [3.05, 3.63) is 34.1 Å². The predicted molar refractivity (Wildman–Crippen MR) is 55.7 cm³/mol. The summed E-state index contributed by atoms with van der Waals surface area (Å²) in [6, 6.07) is 5.15. The van der Waals surface area contributed by atoms with Gasteiger partial charge in [0.25, 0.3) is 0 Å². The molecule has 0 radical (unpaired) electrons. The second kappa shape index (κ2) is 4.38. The predicted octanol–water partition coefficient (Wildman–Crippen LogP) is 2.25. The highest BCUT2D eigenvalue weighted by molar-refractivity contribution is 9.10. The first-order valence-electron chi connectivity index (χ1n) is 4.54. The summed E-state index contributed by atoms with van der Waals surface area (Å²) in [5.74, 6) is -0.227. The molecule has 1 aromatic carbocycles. The van der Waals surface area contributed by atoms with Gasteiger partial charge in [0.1, 0.15) is 5.82 Å². The van der Waals surface area contributed by atoms with Crippen molar-refractivity contribution in [1.29, 1.82) is 0 Å². The topological polar surface area (TPSA) is 21.3 Å². The van der Waals surface area contributed by atoms with Gasteiger partial charge >= 0.3 is 0 Å². The molecule has 0 saturated carbocycles. The lowest BCUT2D eigenvalue weighted by molar-refractivity contribution is 0.0766. The van der Waals surface area contributed by atoms with Crippen LogP contribution < -0.4 is 5.32 Å². The SMILES string of the molecule is Fc1cccc([C@@H]2COCCN2)c1Br. The van der Waals surface area contributed by atoms with Gasteiger partial charge in [-0.3, -0.25) is 0 Å². The van der Waals surface area contributed by atoms with Gasteiger partial charge in [0, 0.05) is 6.54 Å². The number of ether oxygens (including phenoxy) is 1. The van der Waals surface area contributed by atoms with Crippen molar-refractivity contribution < 1.29 is 9.13 Å². The number of benzene rings is 1. The molecular weight excluding hydrogens is 249 g/mol. The highest BCUT2D eigenvalue weighted by Gasteiger charge is 2.18. The molecule has 1 aliphatic heterocycles. The Balaban J connectivity index is 2.26. The minimum Gasteiger partial charge on any atom is -0.378 e. The molecule has 1 saturated heterocycles. The zero-order valence-corrected chi connectivity index (χ0v) is 9.18. The number of hydrogen-bond donors (Lipinski definition) is 1. The number of hydrogen-bond acceptors (Lipinski definition) is 2. The third-order valence-electron chi connectivity index (χ3n) is 2.28. The van der Waals surface area contributed by atoms with Crippen LogP contribution in [-0.2, 0) is 4.74 Å². The van der Waals surface area contributed by atoms with E-state index in [4.69, 9.17) is 4.74 Å². The average molecular weight is 260 g/mol. The Morgan fingerprint density at radius 3 is 3.07 bits per heavy atom. The molecule has 14 heavy (non-hydrogen) atoms. The molecular formula is C10H11BrFNO. The van der Waals surface area contributed by atoms with Crippen LogP contribution in [0.2, 0.25) is 0 Å². The van der Waals surface area contributed by atoms with Crippen LogP contribution in [-0.4, -0.2) is 19.8 Å². The van der Waals surface area contributed by atoms with Crippen LogP contribution in [0.25, 0.3) is 0 Å². The first-order valence-corrected chi connectivity index (χ1v) is 5.33. The Bertz CT molecular complexity index is 326. The zero-order valence-electron chi connectivity index (χ0n) is 7.59. The fraction of sp³-hybridized carbons (Fsp3) is 0.400. The molecule has 0 bridgehead atoms. The van der Waals surface area contributed by atoms with Gasteiger partial charge in [0.05, 0.1) is 23.7 Å². The largest absolute Gasteiger partial charge is 0.378 e. The van der Waals surface area contributed by atoms with Crippen LogP contribution in [0.4, 0.5) is 4.39 Å². The molecule has 1 heterocycles. The van der Waals surface area contributed by atoms with Gasteiger partial charge in [-0.2, -0.15) is 0 Å². The van der Waals surface area contributed by atoms with E-state index in [1.807, 2.05) is 6.07 Å². The third kappa shape index (κ3) is 1.97. The van der Waals surface area contributed by atoms with Crippen LogP contribution in [0.1, 0.15) is 11.6 Å². The number of nitrogens with one attached hydrogen (secondary N) is 1. The quantitative estimate of drug-likeness (QED) is 0.836. The van der Waals surface area contributed by atoms with Gasteiger partial charge in [-0.15, -0.1) is 0 Å². The maximum absolute atomic E-state index is 13.2. The summed E-state index contributed by atoms with van der Waals surface area (Å²) in [4.78, 5) is 0. The van der Waals surface area contributed by atoms with Gasteiger partial charge in [0.2, 0.25) is 0 Å². The fourth-order valence-electron chi connectivity index (χ4n) is 1.55. The van der Waals surface area contributed by atoms with E-state index >= 15 is 0 Å². The Morgan fingerprint density at radius 1 is 1.50 bits per heavy atom. The molecule has 0 aromatic heterocycles. The van der Waals surface area contributed by atoms with Gasteiger partial charge in [-0.25, -0.2) is 4.39 Å². The lowest BCUT2D eigenvalue weighted by Gasteiger charge is -2.25. The highest BCUT2D eigenvalue weighted by atomic mass is 79.9. The number of morpholine rings is 1. The smallest absolute Gasteiger partial charge is 0.137 e. The molecule has 2 rings (SSSR count). The lowest BCUT2D eigenvalue weighted by atomic mass is 10.1. The summed E-state index contributed by atoms with van der Waals surface area (Å²) in [5.41, 5.74) is 0.921. The average Bonchev–Trinajstić information content (AvgIpc) is 2.23. The van der Waals surface area contributed by atoms with Gasteiger partial charge in [0.15, 0.2) is 0 Å². The van der Waals surface area contributed by atoms with Crippen LogP contribution in [0.15, 0.2) is 22.7 Å². The van der Waals surface area contributed by atoms with Crippen molar-refractivity contribution in [3.8, 4) is 0 Å². The van der Waals surface area contributed by atoms with E-state index in [1.54, 1.807) is 6.07 Å². The summed E-state index contributed by atoms with van der Waals surface area (Å²) < 4.78 is 19.1. The first-order chi connectivity index (χ1) is 6.79. The molecule has 1 N–H and O–H groups in total. The number of halogens is 2. The minimum absolute atomic E-state index is 0.0915. The Labute approximate surface area is 90.6 Å². The van der Waals surface area contributed by atoms with E-state index in [0.29, 0.717) is 11.1 Å². The Morgan fingerprint density at radius 2 is 2.36 bits per heavy atom. The molecule has 76 valence electrons. The van der Waals surface area contributed by atoms with Crippen molar-refractivity contribution in [2.45, 2.75) is 6.04 Å². The second-order valence-electron chi connectivity index (χ2n) is 3.22. The molecule has 0 spiro atoms. The standard InChI is InChI=1S/C10H11BrFNO/c11-10-7(2-1-3-8(10)12)9-6-14-5-4-13-9/h1-3,9,13H,4-6H2/t9-/m0/s1. The summed E-state index contributed by atoms with van der Waals surface area (Å²) in [5, 5.41) is 3.28. The van der Waals surface area contributed by atoms with Gasteiger partial charge in [-0.05, 0) is 27.6 Å². The summed E-state index contributed by atoms with van der Waals surface area (Å²) in [6.07, 6.45) is 0. The van der Waals surface area contributed by atoms with Crippen molar-refractivity contribution >= 4 is 15.9 Å². The maximum atomic E-state index is 13.2. The molecule has 1 atom stereocenters. The normalized spacial score (nSPS) is 22.3. The Kier molecular flexibility index (Phi) is 3.15. The first kappa shape index (κ1) is 10.1. The summed E-state index contributed by atoms with van der Waals surface area (Å²) in [6.45, 7) is 2.14. The molecule has 1 fully saturated rings. The fourth-order valence-corrected chi connectivity index (χ4v) is 2.10. The van der Waals surface area contributed by atoms with E-state index in [1.165, 1.54) is 6.07 Å². The molecule has 0 aliphatic carbocycles. The van der Waals surface area contributed by atoms with Crippen molar-refractivity contribution in [2.24, 2.45) is 0 Å². The summed E-state index contributed by atoms with van der Waals surface area (Å²) in [7, 11) is 0. The van der Waals surface area contributed by atoms with Crippen LogP contribution in [0.5, 0.6) is 0 Å². The zero-order chi connectivity index (χ0) is 9.97. The monoisotopic (exact) mass is 259 g/mol. The molecule has 4 heteroatoms. The van der Waals surface area contributed by atoms with Crippen molar-refractivity contribution in [1.82, 2.24) is 5.32 Å². The molecule has 1 aromatic rings. The summed E-state index contributed by atoms with van der Waals surface area (Å²) >= 11 is 3.25. The van der Waals surface area contributed by atoms with E-state index in [2.05, 4.69) is 21.2 Å². The number of rotatable bonds is 1. The van der Waals surface area contributed by atoms with E-state index < -0.39 is 0 Å². The highest BCUT2D eigenvalue weighted by Crippen LogP contribution is 2.27. The van der Waals surface area contributed by atoms with E-state index in [9.17, 15) is 4.39 Å². The van der Waals surface area contributed by atoms with Crippen LogP contribution >= 0.6 is 15.9 Å². The minimum atomic E-state index is -0.227. The van der Waals surface area contributed by atoms with Crippen LogP contribution in [0.3, 0.4) is 0 Å². The second-order valence-corrected chi connectivity index (χ2v) is 4.02. The van der Waals surface area contributed by atoms with E-state index in [0.717, 1.165) is 18.7 Å². The molecule has 0 amide bonds. The third-order valence-corrected chi connectivity index (χ3v) is 3.12.